The SMILES string of the molecule is CCC1(CC)CCN(C(=O)NC(C)C)CC1. The molecule has 94 valence electrons. The molecule has 0 aromatic rings. The second-order valence-electron chi connectivity index (χ2n) is 5.30. The van der Waals surface area contributed by atoms with E-state index in [1.165, 1.54) is 12.8 Å². The highest BCUT2D eigenvalue weighted by atomic mass is 16.2. The number of rotatable bonds is 3. The van der Waals surface area contributed by atoms with Crippen molar-refractivity contribution in [2.45, 2.75) is 59.4 Å². The van der Waals surface area contributed by atoms with Gasteiger partial charge >= 0.3 is 6.03 Å². The molecule has 1 heterocycles. The first-order valence-electron chi connectivity index (χ1n) is 6.58. The number of carbonyl (C=O) groups excluding carboxylic acids is 1. The van der Waals surface area contributed by atoms with Crippen LogP contribution in [0.2, 0.25) is 0 Å². The lowest BCUT2D eigenvalue weighted by molar-refractivity contribution is 0.108. The van der Waals surface area contributed by atoms with Crippen LogP contribution in [-0.2, 0) is 0 Å². The Kier molecular flexibility index (Phi) is 4.63. The highest BCUT2D eigenvalue weighted by molar-refractivity contribution is 5.74. The van der Waals surface area contributed by atoms with Crippen molar-refractivity contribution >= 4 is 6.03 Å². The Balaban J connectivity index is 2.45. The van der Waals surface area contributed by atoms with Gasteiger partial charge in [0.15, 0.2) is 0 Å². The van der Waals surface area contributed by atoms with Crippen molar-refractivity contribution in [1.29, 1.82) is 0 Å². The molecule has 2 amide bonds. The van der Waals surface area contributed by atoms with E-state index in [0.29, 0.717) is 5.41 Å². The van der Waals surface area contributed by atoms with Crippen LogP contribution in [0.3, 0.4) is 0 Å². The van der Waals surface area contributed by atoms with Gasteiger partial charge in [0.05, 0.1) is 0 Å². The maximum Gasteiger partial charge on any atom is 0.317 e. The van der Waals surface area contributed by atoms with Crippen molar-refractivity contribution in [2.75, 3.05) is 13.1 Å². The predicted octanol–water partition coefficient (Wildman–Crippen LogP) is 3.01. The van der Waals surface area contributed by atoms with Crippen molar-refractivity contribution in [3.05, 3.63) is 0 Å². The molecule has 0 spiro atoms. The molecule has 0 unspecified atom stereocenters. The average molecular weight is 226 g/mol. The summed E-state index contributed by atoms with van der Waals surface area (Å²) < 4.78 is 0. The summed E-state index contributed by atoms with van der Waals surface area (Å²) in [7, 11) is 0. The summed E-state index contributed by atoms with van der Waals surface area (Å²) in [6, 6.07) is 0.340. The Morgan fingerprint density at radius 1 is 1.25 bits per heavy atom. The minimum Gasteiger partial charge on any atom is -0.336 e. The predicted molar refractivity (Wildman–Crippen MR) is 67.5 cm³/mol. The molecular weight excluding hydrogens is 200 g/mol. The zero-order valence-electron chi connectivity index (χ0n) is 11.2. The molecule has 1 fully saturated rings. The molecule has 1 saturated heterocycles. The van der Waals surface area contributed by atoms with E-state index in [9.17, 15) is 4.79 Å². The van der Waals surface area contributed by atoms with Gasteiger partial charge in [-0.15, -0.1) is 0 Å². The minimum absolute atomic E-state index is 0.107. The van der Waals surface area contributed by atoms with E-state index < -0.39 is 0 Å². The second-order valence-corrected chi connectivity index (χ2v) is 5.30. The molecule has 1 N–H and O–H groups in total. The van der Waals surface area contributed by atoms with Gasteiger partial charge in [0.1, 0.15) is 0 Å². The maximum absolute atomic E-state index is 11.8. The minimum atomic E-state index is 0.107. The molecule has 0 aromatic heterocycles. The van der Waals surface area contributed by atoms with Crippen molar-refractivity contribution in [1.82, 2.24) is 10.2 Å². The molecule has 0 bridgehead atoms. The fourth-order valence-electron chi connectivity index (χ4n) is 2.48. The Morgan fingerprint density at radius 2 is 1.75 bits per heavy atom. The van der Waals surface area contributed by atoms with Crippen LogP contribution in [0.15, 0.2) is 0 Å². The number of hydrogen-bond acceptors (Lipinski definition) is 1. The first kappa shape index (κ1) is 13.3. The lowest BCUT2D eigenvalue weighted by Crippen LogP contribution is -2.48. The zero-order chi connectivity index (χ0) is 12.2. The zero-order valence-corrected chi connectivity index (χ0v) is 11.2. The van der Waals surface area contributed by atoms with Crippen LogP contribution in [0, 0.1) is 5.41 Å². The smallest absolute Gasteiger partial charge is 0.317 e. The van der Waals surface area contributed by atoms with Crippen LogP contribution in [-0.4, -0.2) is 30.1 Å². The number of amides is 2. The van der Waals surface area contributed by atoms with Crippen LogP contribution in [0.1, 0.15) is 53.4 Å². The Labute approximate surface area is 99.6 Å². The standard InChI is InChI=1S/C13H26N2O/c1-5-13(6-2)7-9-15(10-8-13)12(16)14-11(3)4/h11H,5-10H2,1-4H3,(H,14,16). The van der Waals surface area contributed by atoms with Gasteiger partial charge < -0.3 is 10.2 Å². The van der Waals surface area contributed by atoms with E-state index in [4.69, 9.17) is 0 Å². The van der Waals surface area contributed by atoms with Crippen molar-refractivity contribution in [3.63, 3.8) is 0 Å². The summed E-state index contributed by atoms with van der Waals surface area (Å²) in [5.74, 6) is 0. The average Bonchev–Trinajstić information content (AvgIpc) is 2.28. The molecule has 0 radical (unpaired) electrons. The molecule has 1 aliphatic heterocycles. The fraction of sp³-hybridized carbons (Fsp3) is 0.923. The molecule has 16 heavy (non-hydrogen) atoms. The third-order valence-electron chi connectivity index (χ3n) is 4.02. The van der Waals surface area contributed by atoms with Crippen LogP contribution < -0.4 is 5.32 Å². The molecule has 0 atom stereocenters. The molecule has 3 nitrogen and oxygen atoms in total. The Bertz CT molecular complexity index is 224. The maximum atomic E-state index is 11.8. The summed E-state index contributed by atoms with van der Waals surface area (Å²) in [5, 5.41) is 2.96. The number of piperidine rings is 1. The van der Waals surface area contributed by atoms with Crippen molar-refractivity contribution in [2.24, 2.45) is 5.41 Å². The first-order chi connectivity index (χ1) is 7.53. The number of likely N-dealkylation sites (tertiary alicyclic amines) is 1. The van der Waals surface area contributed by atoms with Crippen molar-refractivity contribution < 1.29 is 4.79 Å². The number of urea groups is 1. The number of nitrogens with one attached hydrogen (secondary N) is 1. The van der Waals surface area contributed by atoms with Gasteiger partial charge in [0.25, 0.3) is 0 Å². The first-order valence-corrected chi connectivity index (χ1v) is 6.58. The number of nitrogens with zero attached hydrogens (tertiary/aromatic N) is 1. The Morgan fingerprint density at radius 3 is 2.12 bits per heavy atom. The van der Waals surface area contributed by atoms with E-state index in [1.807, 2.05) is 18.7 Å². The van der Waals surface area contributed by atoms with E-state index >= 15 is 0 Å². The summed E-state index contributed by atoms with van der Waals surface area (Å²) in [4.78, 5) is 13.8. The third kappa shape index (κ3) is 3.13. The molecule has 3 heteroatoms. The van der Waals surface area contributed by atoms with Crippen molar-refractivity contribution in [3.8, 4) is 0 Å². The van der Waals surface area contributed by atoms with Gasteiger partial charge in [-0.1, -0.05) is 26.7 Å². The number of carbonyl (C=O) groups is 1. The van der Waals surface area contributed by atoms with E-state index in [2.05, 4.69) is 19.2 Å². The topological polar surface area (TPSA) is 32.3 Å². The molecule has 1 rings (SSSR count). The largest absolute Gasteiger partial charge is 0.336 e. The lowest BCUT2D eigenvalue weighted by Gasteiger charge is -2.41. The summed E-state index contributed by atoms with van der Waals surface area (Å²) >= 11 is 0. The van der Waals surface area contributed by atoms with Crippen LogP contribution >= 0.6 is 0 Å². The van der Waals surface area contributed by atoms with Gasteiger partial charge in [-0.25, -0.2) is 4.79 Å². The van der Waals surface area contributed by atoms with E-state index in [1.54, 1.807) is 0 Å². The van der Waals surface area contributed by atoms with E-state index in [0.717, 1.165) is 25.9 Å². The molecule has 0 aliphatic carbocycles. The fourth-order valence-corrected chi connectivity index (χ4v) is 2.48. The lowest BCUT2D eigenvalue weighted by atomic mass is 9.74. The van der Waals surface area contributed by atoms with Crippen LogP contribution in [0.5, 0.6) is 0 Å². The third-order valence-corrected chi connectivity index (χ3v) is 4.02. The van der Waals surface area contributed by atoms with Gasteiger partial charge in [-0.05, 0) is 32.1 Å². The summed E-state index contributed by atoms with van der Waals surface area (Å²) in [5.41, 5.74) is 0.495. The highest BCUT2D eigenvalue weighted by Gasteiger charge is 2.32. The normalized spacial score (nSPS) is 19.9. The van der Waals surface area contributed by atoms with E-state index in [-0.39, 0.29) is 12.1 Å². The monoisotopic (exact) mass is 226 g/mol. The number of hydrogen-bond donors (Lipinski definition) is 1. The van der Waals surface area contributed by atoms with Crippen LogP contribution in [0.4, 0.5) is 4.79 Å². The Hall–Kier alpha value is -0.730. The van der Waals surface area contributed by atoms with Gasteiger partial charge in [-0.3, -0.25) is 0 Å². The highest BCUT2D eigenvalue weighted by Crippen LogP contribution is 2.37. The molecular formula is C13H26N2O. The van der Waals surface area contributed by atoms with Gasteiger partial charge in [0.2, 0.25) is 0 Å². The second kappa shape index (κ2) is 5.55. The van der Waals surface area contributed by atoms with Gasteiger partial charge in [0, 0.05) is 19.1 Å². The quantitative estimate of drug-likeness (QED) is 0.788. The summed E-state index contributed by atoms with van der Waals surface area (Å²) in [6.07, 6.45) is 4.79. The summed E-state index contributed by atoms with van der Waals surface area (Å²) in [6.45, 7) is 10.4. The molecule has 1 aliphatic rings. The van der Waals surface area contributed by atoms with Gasteiger partial charge in [-0.2, -0.15) is 0 Å². The molecule has 0 saturated carbocycles. The molecule has 0 aromatic carbocycles. The van der Waals surface area contributed by atoms with Crippen LogP contribution in [0.25, 0.3) is 0 Å².